The second kappa shape index (κ2) is 16.4. The highest BCUT2D eigenvalue weighted by Gasteiger charge is 2.54. The van der Waals surface area contributed by atoms with Crippen molar-refractivity contribution in [2.24, 2.45) is 5.41 Å². The summed E-state index contributed by atoms with van der Waals surface area (Å²) in [6.07, 6.45) is 8.26. The number of aliphatic carboxylic acids is 1. The van der Waals surface area contributed by atoms with Crippen molar-refractivity contribution < 1.29 is 45.1 Å². The number of hydrogen-bond acceptors (Lipinski definition) is 6. The molecule has 0 aromatic heterocycles. The predicted octanol–water partition coefficient (Wildman–Crippen LogP) is 8.05. The van der Waals surface area contributed by atoms with Crippen molar-refractivity contribution in [2.45, 2.75) is 125 Å². The summed E-state index contributed by atoms with van der Waals surface area (Å²) in [5.74, 6) is -4.05. The average molecular weight is 740 g/mol. The van der Waals surface area contributed by atoms with E-state index in [4.69, 9.17) is 5.26 Å². The summed E-state index contributed by atoms with van der Waals surface area (Å²) in [7, 11) is -4.76. The highest BCUT2D eigenvalue weighted by Crippen LogP contribution is 2.48. The molecule has 1 amide bonds. The number of unbranched alkanes of at least 4 members (excludes halogenated alkanes) is 7. The number of carbonyl (C=O) groups is 2. The first kappa shape index (κ1) is 40.2. The van der Waals surface area contributed by atoms with Gasteiger partial charge < -0.3 is 10.0 Å². The van der Waals surface area contributed by atoms with E-state index < -0.39 is 79.7 Å². The molecule has 2 saturated carbocycles. The summed E-state index contributed by atoms with van der Waals surface area (Å²) in [6, 6.07) is 5.27. The molecule has 51 heavy (non-hydrogen) atoms. The van der Waals surface area contributed by atoms with Crippen molar-refractivity contribution >= 4 is 21.7 Å². The molecule has 0 spiro atoms. The number of likely N-dealkylation sites (tertiary alicyclic amines) is 1. The van der Waals surface area contributed by atoms with Gasteiger partial charge in [-0.15, -0.1) is 0 Å². The molecule has 1 saturated heterocycles. The maximum atomic E-state index is 14.2. The van der Waals surface area contributed by atoms with E-state index in [-0.39, 0.29) is 16.7 Å². The molecule has 2 aliphatic carbocycles. The average Bonchev–Trinajstić information content (AvgIpc) is 3.98. The zero-order valence-corrected chi connectivity index (χ0v) is 29.8. The largest absolute Gasteiger partial charge is 0.480 e. The van der Waals surface area contributed by atoms with Crippen LogP contribution < -0.4 is 5.32 Å². The fourth-order valence-corrected chi connectivity index (χ4v) is 8.23. The summed E-state index contributed by atoms with van der Waals surface area (Å²) in [5, 5.41) is 20.2. The van der Waals surface area contributed by atoms with E-state index in [1.54, 1.807) is 6.92 Å². The number of amides is 1. The lowest BCUT2D eigenvalue weighted by molar-refractivity contribution is -0.150. The van der Waals surface area contributed by atoms with Gasteiger partial charge in [-0.3, -0.25) is 10.1 Å². The number of carboxylic acids is 1. The van der Waals surface area contributed by atoms with Crippen LogP contribution in [0.4, 0.5) is 22.0 Å². The predicted molar refractivity (Wildman–Crippen MR) is 181 cm³/mol. The molecule has 280 valence electrons. The summed E-state index contributed by atoms with van der Waals surface area (Å²) in [6.45, 7) is 4.35. The molecule has 2 atom stereocenters. The Morgan fingerprint density at radius 3 is 2.14 bits per heavy atom. The molecule has 1 aliphatic heterocycles. The number of sulfone groups is 1. The summed E-state index contributed by atoms with van der Waals surface area (Å²) >= 11 is 0. The highest BCUT2D eigenvalue weighted by molar-refractivity contribution is 7.92. The first-order valence-corrected chi connectivity index (χ1v) is 19.1. The maximum absolute atomic E-state index is 14.2. The number of benzene rings is 2. The van der Waals surface area contributed by atoms with Crippen LogP contribution in [0.5, 0.6) is 0 Å². The molecule has 14 heteroatoms. The Morgan fingerprint density at radius 1 is 0.980 bits per heavy atom. The highest BCUT2D eigenvalue weighted by atomic mass is 32.2. The van der Waals surface area contributed by atoms with Gasteiger partial charge in [0.25, 0.3) is 0 Å². The molecule has 1 heterocycles. The number of carboxylic acid groups (broad SMARTS) is 1. The quantitative estimate of drug-likeness (QED) is 0.140. The van der Waals surface area contributed by atoms with Crippen LogP contribution in [0.15, 0.2) is 41.3 Å². The first-order chi connectivity index (χ1) is 24.0. The second-order valence-corrected chi connectivity index (χ2v) is 16.4. The summed E-state index contributed by atoms with van der Waals surface area (Å²) in [5.41, 5.74) is -3.15. The van der Waals surface area contributed by atoms with Crippen LogP contribution in [0.3, 0.4) is 0 Å². The third kappa shape index (κ3) is 10.1. The SMILES string of the molecule is CC1(C(=O)N2C[C@H](S(=O)(=O)c3ccc(-c4ccc(F)cc4F)cc3C(F)(F)F)C[C@H]2C(=O)O)CC1.CCCCCCCCCCNC1(C#N)CC1. The Balaban J connectivity index is 0.000000306. The monoisotopic (exact) mass is 739 g/mol. The van der Waals surface area contributed by atoms with Crippen molar-refractivity contribution in [1.82, 2.24) is 10.2 Å². The van der Waals surface area contributed by atoms with E-state index in [1.807, 2.05) is 0 Å². The number of hydrogen-bond donors (Lipinski definition) is 2. The zero-order chi connectivity index (χ0) is 37.6. The Bertz CT molecular complexity index is 1720. The minimum Gasteiger partial charge on any atom is -0.480 e. The number of nitrogens with zero attached hydrogens (tertiary/aromatic N) is 2. The van der Waals surface area contributed by atoms with Gasteiger partial charge in [-0.25, -0.2) is 22.0 Å². The zero-order valence-electron chi connectivity index (χ0n) is 29.0. The van der Waals surface area contributed by atoms with Crippen molar-refractivity contribution in [1.29, 1.82) is 5.26 Å². The van der Waals surface area contributed by atoms with Crippen molar-refractivity contribution in [3.63, 3.8) is 0 Å². The van der Waals surface area contributed by atoms with Gasteiger partial charge in [-0.1, -0.05) is 64.9 Å². The van der Waals surface area contributed by atoms with Crippen LogP contribution in [0.1, 0.15) is 103 Å². The fourth-order valence-electron chi connectivity index (χ4n) is 6.34. The van der Waals surface area contributed by atoms with E-state index in [2.05, 4.69) is 18.3 Å². The van der Waals surface area contributed by atoms with Gasteiger partial charge >= 0.3 is 12.1 Å². The molecule has 0 unspecified atom stereocenters. The third-order valence-electron chi connectivity index (χ3n) is 10.1. The molecule has 0 radical (unpaired) electrons. The first-order valence-electron chi connectivity index (χ1n) is 17.6. The minimum absolute atomic E-state index is 0.110. The Morgan fingerprint density at radius 2 is 1.61 bits per heavy atom. The lowest BCUT2D eigenvalue weighted by Crippen LogP contribution is -2.44. The van der Waals surface area contributed by atoms with E-state index in [1.165, 1.54) is 51.4 Å². The van der Waals surface area contributed by atoms with Crippen molar-refractivity contribution in [2.75, 3.05) is 13.1 Å². The number of rotatable bonds is 15. The fraction of sp³-hybridized carbons (Fsp3) is 0.595. The summed E-state index contributed by atoms with van der Waals surface area (Å²) < 4.78 is 95.7. The van der Waals surface area contributed by atoms with Crippen LogP contribution in [0, 0.1) is 28.4 Å². The van der Waals surface area contributed by atoms with E-state index >= 15 is 0 Å². The molecule has 3 aliphatic rings. The molecule has 3 fully saturated rings. The van der Waals surface area contributed by atoms with Crippen LogP contribution in [-0.2, 0) is 25.6 Å². The van der Waals surface area contributed by atoms with Crippen molar-refractivity contribution in [3.05, 3.63) is 53.6 Å². The van der Waals surface area contributed by atoms with Crippen LogP contribution in [0.25, 0.3) is 11.1 Å². The smallest absolute Gasteiger partial charge is 0.417 e. The van der Waals surface area contributed by atoms with E-state index in [0.717, 1.165) is 42.5 Å². The van der Waals surface area contributed by atoms with Gasteiger partial charge in [0.05, 0.1) is 21.8 Å². The van der Waals surface area contributed by atoms with Gasteiger partial charge in [0, 0.05) is 23.6 Å². The molecule has 8 nitrogen and oxygen atoms in total. The van der Waals surface area contributed by atoms with Crippen LogP contribution in [-0.4, -0.2) is 60.2 Å². The van der Waals surface area contributed by atoms with Gasteiger partial charge in [0.2, 0.25) is 5.91 Å². The lowest BCUT2D eigenvalue weighted by Gasteiger charge is -2.24. The second-order valence-electron chi connectivity index (χ2n) is 14.2. The number of nitrogens with one attached hydrogen (secondary N) is 1. The molecule has 5 rings (SSSR count). The molecule has 2 aromatic carbocycles. The number of alkyl halides is 3. The topological polar surface area (TPSA) is 128 Å². The molecule has 0 bridgehead atoms. The minimum atomic E-state index is -5.16. The lowest BCUT2D eigenvalue weighted by atomic mass is 10.0. The molecule has 2 N–H and O–H groups in total. The molecular weight excluding hydrogens is 693 g/mol. The summed E-state index contributed by atoms with van der Waals surface area (Å²) in [4.78, 5) is 24.3. The third-order valence-corrected chi connectivity index (χ3v) is 12.2. The maximum Gasteiger partial charge on any atom is 0.417 e. The number of nitriles is 1. The van der Waals surface area contributed by atoms with Crippen LogP contribution in [0.2, 0.25) is 0 Å². The van der Waals surface area contributed by atoms with Gasteiger partial charge in [0.15, 0.2) is 9.84 Å². The molecule has 2 aromatic rings. The van der Waals surface area contributed by atoms with Crippen molar-refractivity contribution in [3.8, 4) is 17.2 Å². The van der Waals surface area contributed by atoms with E-state index in [0.29, 0.717) is 31.0 Å². The van der Waals surface area contributed by atoms with Crippen LogP contribution >= 0.6 is 0 Å². The molecular formula is C37H46F5N3O5S. The normalized spacial score (nSPS) is 20.2. The van der Waals surface area contributed by atoms with Gasteiger partial charge in [0.1, 0.15) is 23.2 Å². The Kier molecular flexibility index (Phi) is 12.9. The van der Waals surface area contributed by atoms with Gasteiger partial charge in [-0.05, 0) is 74.9 Å². The number of halogens is 5. The Labute approximate surface area is 296 Å². The Hall–Kier alpha value is -3.57. The standard InChI is InChI=1S/C23H20F5NO5S.C14H26N2/c1-22(6-7-22)21(32)29-11-14(10-18(29)20(30)31)35(33,34)19-5-2-12(8-16(19)23(26,27)28)15-4-3-13(24)9-17(15)25;1-2-3-4-5-6-7-8-9-12-16-14(13-15)10-11-14/h2-5,8-9,14,18H,6-7,10-11H2,1H3,(H,30,31);16H,2-12H2,1H3/t14-,18+;/m1./s1. The van der Waals surface area contributed by atoms with E-state index in [9.17, 15) is 45.1 Å². The van der Waals surface area contributed by atoms with Gasteiger partial charge in [-0.2, -0.15) is 18.4 Å². The number of carbonyl (C=O) groups excluding carboxylic acids is 1.